The zero-order chi connectivity index (χ0) is 21.2. The molecule has 30 heavy (non-hydrogen) atoms. The highest BCUT2D eigenvalue weighted by molar-refractivity contribution is 5.87. The Balaban J connectivity index is 1.72. The molecular formula is C21H19F3N2O4. The van der Waals surface area contributed by atoms with Crippen molar-refractivity contribution in [2.24, 2.45) is 5.92 Å². The molecule has 0 aromatic carbocycles. The summed E-state index contributed by atoms with van der Waals surface area (Å²) in [6, 6.07) is 1.49. The van der Waals surface area contributed by atoms with Gasteiger partial charge in [0, 0.05) is 11.7 Å². The standard InChI is InChI=1S/C21H19F3N2O4/c22-14-17-15-11(6-13(16(25-15)19(23)24)30-9-10-2-3-10)7-21(4-1-5-21)26(17)8-12(18(14)27)20(28)29/h6,8,10,19H,1-5,7,9H2,(H,28,29). The lowest BCUT2D eigenvalue weighted by Gasteiger charge is -2.48. The lowest BCUT2D eigenvalue weighted by Crippen LogP contribution is -2.47. The van der Waals surface area contributed by atoms with Crippen molar-refractivity contribution in [1.29, 1.82) is 0 Å². The second-order valence-corrected chi connectivity index (χ2v) is 8.40. The summed E-state index contributed by atoms with van der Waals surface area (Å²) in [5, 5.41) is 9.30. The molecule has 158 valence electrons. The van der Waals surface area contributed by atoms with E-state index < -0.39 is 40.4 Å². The molecule has 0 radical (unpaired) electrons. The van der Waals surface area contributed by atoms with Gasteiger partial charge in [0.1, 0.15) is 22.7 Å². The SMILES string of the molecule is O=C(O)c1cn2c(c(F)c1=O)-c1nc(C(F)F)c(OCC3CC3)cc1CC21CCC1. The van der Waals surface area contributed by atoms with Gasteiger partial charge >= 0.3 is 5.97 Å². The van der Waals surface area contributed by atoms with E-state index in [1.165, 1.54) is 10.6 Å². The van der Waals surface area contributed by atoms with Crippen molar-refractivity contribution in [1.82, 2.24) is 9.55 Å². The number of aromatic carboxylic acids is 1. The number of fused-ring (bicyclic) bond motifs is 4. The fraction of sp³-hybridized carbons (Fsp3) is 0.476. The minimum atomic E-state index is -2.94. The number of carbonyl (C=O) groups is 1. The van der Waals surface area contributed by atoms with Crippen LogP contribution >= 0.6 is 0 Å². The summed E-state index contributed by atoms with van der Waals surface area (Å²) in [7, 11) is 0. The number of halogens is 3. The third-order valence-electron chi connectivity index (χ3n) is 6.39. The second-order valence-electron chi connectivity index (χ2n) is 8.40. The van der Waals surface area contributed by atoms with Gasteiger partial charge in [-0.25, -0.2) is 22.9 Å². The molecule has 1 spiro atoms. The number of hydrogen-bond acceptors (Lipinski definition) is 4. The van der Waals surface area contributed by atoms with Crippen molar-refractivity contribution in [3.8, 4) is 17.1 Å². The predicted molar refractivity (Wildman–Crippen MR) is 99.6 cm³/mol. The van der Waals surface area contributed by atoms with E-state index in [0.29, 0.717) is 37.4 Å². The van der Waals surface area contributed by atoms with Gasteiger partial charge in [-0.3, -0.25) is 4.79 Å². The molecule has 2 fully saturated rings. The van der Waals surface area contributed by atoms with Crippen molar-refractivity contribution < 1.29 is 27.8 Å². The van der Waals surface area contributed by atoms with Crippen LogP contribution in [0.1, 0.15) is 60.1 Å². The zero-order valence-corrected chi connectivity index (χ0v) is 16.0. The summed E-state index contributed by atoms with van der Waals surface area (Å²) < 4.78 is 49.6. The third-order valence-corrected chi connectivity index (χ3v) is 6.39. The Labute approximate surface area is 169 Å². The molecule has 0 saturated heterocycles. The van der Waals surface area contributed by atoms with Crippen LogP contribution in [0.3, 0.4) is 0 Å². The summed E-state index contributed by atoms with van der Waals surface area (Å²) in [5.41, 5.74) is -2.88. The first-order chi connectivity index (χ1) is 14.3. The van der Waals surface area contributed by atoms with Crippen LogP contribution in [0.15, 0.2) is 17.1 Å². The molecule has 1 N–H and O–H groups in total. The van der Waals surface area contributed by atoms with Crippen LogP contribution in [0.25, 0.3) is 11.4 Å². The Morgan fingerprint density at radius 3 is 2.67 bits per heavy atom. The maximum atomic E-state index is 15.1. The van der Waals surface area contributed by atoms with E-state index in [4.69, 9.17) is 4.74 Å². The third kappa shape index (κ3) is 2.82. The molecule has 0 bridgehead atoms. The monoisotopic (exact) mass is 420 g/mol. The number of pyridine rings is 2. The highest BCUT2D eigenvalue weighted by Gasteiger charge is 2.46. The number of ether oxygens (including phenoxy) is 1. The smallest absolute Gasteiger partial charge is 0.341 e. The van der Waals surface area contributed by atoms with Gasteiger partial charge in [-0.2, -0.15) is 0 Å². The lowest BCUT2D eigenvalue weighted by molar-refractivity contribution is 0.0690. The summed E-state index contributed by atoms with van der Waals surface area (Å²) in [6.45, 7) is 0.331. The Morgan fingerprint density at radius 2 is 2.10 bits per heavy atom. The van der Waals surface area contributed by atoms with E-state index in [0.717, 1.165) is 25.5 Å². The first-order valence-electron chi connectivity index (χ1n) is 9.95. The van der Waals surface area contributed by atoms with Gasteiger partial charge < -0.3 is 14.4 Å². The minimum Gasteiger partial charge on any atom is -0.491 e. The fourth-order valence-electron chi connectivity index (χ4n) is 4.42. The van der Waals surface area contributed by atoms with Gasteiger partial charge in [-0.1, -0.05) is 0 Å². The van der Waals surface area contributed by atoms with Crippen LogP contribution in [-0.2, 0) is 12.0 Å². The molecule has 0 atom stereocenters. The quantitative estimate of drug-likeness (QED) is 0.793. The Hall–Kier alpha value is -2.84. The van der Waals surface area contributed by atoms with E-state index in [1.807, 2.05) is 0 Å². The second kappa shape index (κ2) is 6.58. The molecule has 2 aliphatic carbocycles. The minimum absolute atomic E-state index is 0.0107. The summed E-state index contributed by atoms with van der Waals surface area (Å²) in [4.78, 5) is 27.8. The van der Waals surface area contributed by atoms with Crippen LogP contribution in [0.5, 0.6) is 5.75 Å². The van der Waals surface area contributed by atoms with Gasteiger partial charge in [0.25, 0.3) is 6.43 Å². The van der Waals surface area contributed by atoms with Gasteiger partial charge in [-0.15, -0.1) is 0 Å². The van der Waals surface area contributed by atoms with E-state index in [1.54, 1.807) is 0 Å². The first-order valence-corrected chi connectivity index (χ1v) is 9.95. The molecule has 0 amide bonds. The fourth-order valence-corrected chi connectivity index (χ4v) is 4.42. The largest absolute Gasteiger partial charge is 0.491 e. The van der Waals surface area contributed by atoms with Gasteiger partial charge in [0.15, 0.2) is 5.82 Å². The predicted octanol–water partition coefficient (Wildman–Crippen LogP) is 3.91. The van der Waals surface area contributed by atoms with Crippen LogP contribution in [0.4, 0.5) is 13.2 Å². The van der Waals surface area contributed by atoms with Crippen molar-refractivity contribution in [3.05, 3.63) is 45.1 Å². The summed E-state index contributed by atoms with van der Waals surface area (Å²) in [6.07, 6.45) is 2.76. The molecule has 3 aliphatic rings. The maximum Gasteiger partial charge on any atom is 0.341 e. The Bertz CT molecular complexity index is 1120. The number of rotatable bonds is 5. The molecular weight excluding hydrogens is 401 g/mol. The van der Waals surface area contributed by atoms with E-state index in [9.17, 15) is 23.5 Å². The Kier molecular flexibility index (Phi) is 4.20. The van der Waals surface area contributed by atoms with Gasteiger partial charge in [0.2, 0.25) is 5.43 Å². The number of alkyl halides is 2. The lowest BCUT2D eigenvalue weighted by atomic mass is 9.70. The summed E-state index contributed by atoms with van der Waals surface area (Å²) in [5.74, 6) is -2.46. The molecule has 9 heteroatoms. The van der Waals surface area contributed by atoms with Crippen LogP contribution < -0.4 is 10.2 Å². The Morgan fingerprint density at radius 1 is 1.37 bits per heavy atom. The topological polar surface area (TPSA) is 81.4 Å². The van der Waals surface area contributed by atoms with E-state index in [2.05, 4.69) is 4.98 Å². The van der Waals surface area contributed by atoms with Gasteiger partial charge in [-0.05, 0) is 56.1 Å². The molecule has 1 aliphatic heterocycles. The summed E-state index contributed by atoms with van der Waals surface area (Å²) >= 11 is 0. The molecule has 3 heterocycles. The van der Waals surface area contributed by atoms with Crippen molar-refractivity contribution >= 4 is 5.97 Å². The highest BCUT2D eigenvalue weighted by atomic mass is 19.3. The molecule has 2 aromatic rings. The number of nitrogens with zero attached hydrogens (tertiary/aromatic N) is 2. The van der Waals surface area contributed by atoms with Crippen LogP contribution in [0.2, 0.25) is 0 Å². The van der Waals surface area contributed by atoms with Crippen LogP contribution in [0, 0.1) is 11.7 Å². The normalized spacial score (nSPS) is 18.7. The number of aromatic nitrogens is 2. The first kappa shape index (κ1) is 19.1. The molecule has 2 saturated carbocycles. The zero-order valence-electron chi connectivity index (χ0n) is 16.0. The van der Waals surface area contributed by atoms with Gasteiger partial charge in [0.05, 0.1) is 12.3 Å². The van der Waals surface area contributed by atoms with Crippen molar-refractivity contribution in [2.45, 2.75) is 50.5 Å². The highest BCUT2D eigenvalue weighted by Crippen LogP contribution is 2.50. The van der Waals surface area contributed by atoms with E-state index >= 15 is 4.39 Å². The molecule has 6 nitrogen and oxygen atoms in total. The average molecular weight is 420 g/mol. The maximum absolute atomic E-state index is 15.1. The number of carboxylic acids is 1. The van der Waals surface area contributed by atoms with Crippen molar-refractivity contribution in [3.63, 3.8) is 0 Å². The van der Waals surface area contributed by atoms with Crippen molar-refractivity contribution in [2.75, 3.05) is 6.61 Å². The molecule has 5 rings (SSSR count). The number of hydrogen-bond donors (Lipinski definition) is 1. The van der Waals surface area contributed by atoms with Crippen LogP contribution in [-0.4, -0.2) is 27.2 Å². The van der Waals surface area contributed by atoms with E-state index in [-0.39, 0.29) is 17.1 Å². The molecule has 0 unspecified atom stereocenters. The number of carboxylic acid groups (broad SMARTS) is 1. The average Bonchev–Trinajstić information content (AvgIpc) is 3.50. The molecule has 2 aromatic heterocycles.